The summed E-state index contributed by atoms with van der Waals surface area (Å²) in [6.07, 6.45) is 0. The Hall–Kier alpha value is -1.01. The van der Waals surface area contributed by atoms with Crippen LogP contribution in [0.15, 0.2) is 15.9 Å². The van der Waals surface area contributed by atoms with E-state index in [0.717, 1.165) is 9.35 Å². The molecule has 0 radical (unpaired) electrons. The maximum absolute atomic E-state index is 13.5. The Morgan fingerprint density at radius 1 is 1.44 bits per heavy atom. The van der Waals surface area contributed by atoms with Gasteiger partial charge < -0.3 is 5.32 Å². The van der Waals surface area contributed by atoms with E-state index in [1.54, 1.807) is 14.0 Å². The summed E-state index contributed by atoms with van der Waals surface area (Å²) in [6, 6.07) is 1.91. The summed E-state index contributed by atoms with van der Waals surface area (Å²) < 4.78 is 14.5. The van der Waals surface area contributed by atoms with E-state index in [4.69, 9.17) is 0 Å². The van der Waals surface area contributed by atoms with Gasteiger partial charge in [-0.2, -0.15) is 0 Å². The van der Waals surface area contributed by atoms with Crippen LogP contribution in [0.4, 0.5) is 10.2 Å². The highest BCUT2D eigenvalue weighted by molar-refractivity contribution is 9.10. The van der Waals surface area contributed by atoms with Crippen molar-refractivity contribution in [2.75, 3.05) is 12.4 Å². The molecule has 0 amide bonds. The molecule has 0 aliphatic carbocycles. The van der Waals surface area contributed by atoms with Gasteiger partial charge in [-0.15, -0.1) is 11.3 Å². The number of halogens is 2. The molecule has 0 saturated heterocycles. The highest BCUT2D eigenvalue weighted by atomic mass is 79.9. The number of aryl methyl sites for hydroxylation is 1. The molecule has 0 bridgehead atoms. The molecule has 1 N–H and O–H groups in total. The number of thiophene rings is 1. The summed E-state index contributed by atoms with van der Waals surface area (Å²) in [7, 11) is 1.64. The first kappa shape index (κ1) is 11.5. The van der Waals surface area contributed by atoms with E-state index in [0.29, 0.717) is 11.5 Å². The van der Waals surface area contributed by atoms with Gasteiger partial charge in [0.2, 0.25) is 0 Å². The number of hydrogen-bond donors (Lipinski definition) is 1. The fourth-order valence-corrected chi connectivity index (χ4v) is 2.63. The molecule has 0 spiro atoms. The number of rotatable bonds is 2. The third-order valence-corrected chi connectivity index (χ3v) is 3.73. The Kier molecular flexibility index (Phi) is 3.20. The van der Waals surface area contributed by atoms with Crippen molar-refractivity contribution in [1.82, 2.24) is 9.97 Å². The molecule has 0 unspecified atom stereocenters. The molecule has 16 heavy (non-hydrogen) atoms. The highest BCUT2D eigenvalue weighted by Gasteiger charge is 2.12. The molecule has 84 valence electrons. The minimum absolute atomic E-state index is 0.229. The number of hydrogen-bond acceptors (Lipinski definition) is 4. The van der Waals surface area contributed by atoms with E-state index in [-0.39, 0.29) is 5.82 Å². The quantitative estimate of drug-likeness (QED) is 0.923. The Balaban J connectivity index is 2.54. The third-order valence-electron chi connectivity index (χ3n) is 2.04. The van der Waals surface area contributed by atoms with Crippen molar-refractivity contribution in [2.24, 2.45) is 0 Å². The molecule has 0 fully saturated rings. The smallest absolute Gasteiger partial charge is 0.186 e. The van der Waals surface area contributed by atoms with Crippen LogP contribution in [0, 0.1) is 12.7 Å². The molecule has 2 aromatic heterocycles. The Morgan fingerprint density at radius 2 is 2.19 bits per heavy atom. The zero-order valence-electron chi connectivity index (χ0n) is 8.71. The van der Waals surface area contributed by atoms with Gasteiger partial charge in [0.1, 0.15) is 0 Å². The zero-order chi connectivity index (χ0) is 11.7. The first-order chi connectivity index (χ1) is 7.61. The fraction of sp³-hybridized carbons (Fsp3) is 0.200. The lowest BCUT2D eigenvalue weighted by Crippen LogP contribution is -2.02. The van der Waals surface area contributed by atoms with Crippen LogP contribution >= 0.6 is 27.3 Å². The monoisotopic (exact) mass is 301 g/mol. The molecule has 0 atom stereocenters. The zero-order valence-corrected chi connectivity index (χ0v) is 11.1. The molecular weight excluding hydrogens is 293 g/mol. The topological polar surface area (TPSA) is 37.8 Å². The molecule has 0 saturated carbocycles. The largest absolute Gasteiger partial charge is 0.371 e. The molecule has 2 heterocycles. The average Bonchev–Trinajstić information content (AvgIpc) is 2.69. The molecule has 2 aromatic rings. The normalized spacial score (nSPS) is 10.5. The first-order valence-electron chi connectivity index (χ1n) is 4.58. The summed E-state index contributed by atoms with van der Waals surface area (Å²) in [5.41, 5.74) is 0.346. The van der Waals surface area contributed by atoms with Gasteiger partial charge in [-0.1, -0.05) is 0 Å². The van der Waals surface area contributed by atoms with Crippen molar-refractivity contribution in [2.45, 2.75) is 6.92 Å². The number of aromatic nitrogens is 2. The fourth-order valence-electron chi connectivity index (χ4n) is 1.27. The van der Waals surface area contributed by atoms with Crippen LogP contribution in [-0.2, 0) is 0 Å². The van der Waals surface area contributed by atoms with Crippen molar-refractivity contribution < 1.29 is 4.39 Å². The van der Waals surface area contributed by atoms with Crippen LogP contribution in [0.5, 0.6) is 0 Å². The second-order valence-electron chi connectivity index (χ2n) is 3.17. The van der Waals surface area contributed by atoms with Gasteiger partial charge in [0.05, 0.1) is 10.6 Å². The van der Waals surface area contributed by atoms with Crippen molar-refractivity contribution in [3.8, 4) is 10.7 Å². The standard InChI is InChI=1S/C10H9BrFN3S/c1-5-8(12)10(13-2)15-9(14-5)7-3-6(11)4-16-7/h3-4H,1-2H3,(H,13,14,15). The van der Waals surface area contributed by atoms with Crippen LogP contribution in [0.2, 0.25) is 0 Å². The lowest BCUT2D eigenvalue weighted by molar-refractivity contribution is 0.607. The van der Waals surface area contributed by atoms with E-state index in [9.17, 15) is 4.39 Å². The highest BCUT2D eigenvalue weighted by Crippen LogP contribution is 2.29. The molecule has 2 rings (SSSR count). The van der Waals surface area contributed by atoms with Crippen LogP contribution < -0.4 is 5.32 Å². The SMILES string of the molecule is CNc1nc(-c2cc(Br)cs2)nc(C)c1F. The number of anilines is 1. The average molecular weight is 302 g/mol. The van der Waals surface area contributed by atoms with Gasteiger partial charge in [0.25, 0.3) is 0 Å². The first-order valence-corrected chi connectivity index (χ1v) is 6.25. The number of nitrogens with zero attached hydrogens (tertiary/aromatic N) is 2. The molecular formula is C10H9BrFN3S. The minimum Gasteiger partial charge on any atom is -0.371 e. The predicted octanol–water partition coefficient (Wildman–Crippen LogP) is 3.46. The number of nitrogens with one attached hydrogen (secondary N) is 1. The van der Waals surface area contributed by atoms with Crippen molar-refractivity contribution in [3.63, 3.8) is 0 Å². The molecule has 0 aromatic carbocycles. The van der Waals surface area contributed by atoms with E-state index >= 15 is 0 Å². The van der Waals surface area contributed by atoms with Gasteiger partial charge >= 0.3 is 0 Å². The summed E-state index contributed by atoms with van der Waals surface area (Å²) in [4.78, 5) is 9.16. The lowest BCUT2D eigenvalue weighted by atomic mass is 10.3. The molecule has 0 aliphatic rings. The third kappa shape index (κ3) is 2.08. The maximum Gasteiger partial charge on any atom is 0.186 e. The van der Waals surface area contributed by atoms with Crippen LogP contribution in [0.3, 0.4) is 0 Å². The lowest BCUT2D eigenvalue weighted by Gasteiger charge is -2.05. The van der Waals surface area contributed by atoms with Crippen LogP contribution in [0.1, 0.15) is 5.69 Å². The summed E-state index contributed by atoms with van der Waals surface area (Å²) in [6.45, 7) is 1.63. The Bertz CT molecular complexity index is 527. The van der Waals surface area contributed by atoms with Crippen LogP contribution in [0.25, 0.3) is 10.7 Å². The van der Waals surface area contributed by atoms with Crippen molar-refractivity contribution >= 4 is 33.1 Å². The van der Waals surface area contributed by atoms with Crippen molar-refractivity contribution in [3.05, 3.63) is 27.4 Å². The molecule has 6 heteroatoms. The summed E-state index contributed by atoms with van der Waals surface area (Å²) in [5, 5.41) is 4.66. The van der Waals surface area contributed by atoms with Crippen molar-refractivity contribution in [1.29, 1.82) is 0 Å². The van der Waals surface area contributed by atoms with E-state index < -0.39 is 5.82 Å². The van der Waals surface area contributed by atoms with E-state index in [1.165, 1.54) is 11.3 Å². The van der Waals surface area contributed by atoms with E-state index in [1.807, 2.05) is 11.4 Å². The minimum atomic E-state index is -0.401. The summed E-state index contributed by atoms with van der Waals surface area (Å²) in [5.74, 6) is 0.368. The second kappa shape index (κ2) is 4.47. The van der Waals surface area contributed by atoms with Gasteiger partial charge in [-0.3, -0.25) is 0 Å². The Labute approximate surface area is 105 Å². The van der Waals surface area contributed by atoms with Gasteiger partial charge in [0.15, 0.2) is 17.5 Å². The molecule has 3 nitrogen and oxygen atoms in total. The maximum atomic E-state index is 13.5. The van der Waals surface area contributed by atoms with Gasteiger partial charge in [-0.05, 0) is 28.9 Å². The van der Waals surface area contributed by atoms with Gasteiger partial charge in [-0.25, -0.2) is 14.4 Å². The Morgan fingerprint density at radius 3 is 2.75 bits per heavy atom. The van der Waals surface area contributed by atoms with E-state index in [2.05, 4.69) is 31.2 Å². The molecule has 0 aliphatic heterocycles. The van der Waals surface area contributed by atoms with Gasteiger partial charge in [0, 0.05) is 16.9 Å². The van der Waals surface area contributed by atoms with Crippen LogP contribution in [-0.4, -0.2) is 17.0 Å². The summed E-state index contributed by atoms with van der Waals surface area (Å²) >= 11 is 4.88. The second-order valence-corrected chi connectivity index (χ2v) is 5.00. The predicted molar refractivity (Wildman–Crippen MR) is 67.3 cm³/mol.